The second-order valence-corrected chi connectivity index (χ2v) is 5.08. The van der Waals surface area contributed by atoms with E-state index in [1.165, 1.54) is 0 Å². The third-order valence-electron chi connectivity index (χ3n) is 3.62. The van der Waals surface area contributed by atoms with Crippen molar-refractivity contribution in [1.29, 1.82) is 5.26 Å². The topological polar surface area (TPSA) is 45.8 Å². The molecule has 22 heavy (non-hydrogen) atoms. The molecule has 2 aromatic carbocycles. The van der Waals surface area contributed by atoms with Crippen molar-refractivity contribution in [2.45, 2.75) is 0 Å². The van der Waals surface area contributed by atoms with Gasteiger partial charge in [0.1, 0.15) is 11.6 Å². The molecule has 0 aliphatic heterocycles. The van der Waals surface area contributed by atoms with Crippen LogP contribution in [0.15, 0.2) is 66.4 Å². The lowest BCUT2D eigenvalue weighted by molar-refractivity contribution is 0.104. The normalized spacial score (nSPS) is 11.4. The molecular formula is C19H14N2O. The summed E-state index contributed by atoms with van der Waals surface area (Å²) < 4.78 is 1.90. The molecule has 1 heterocycles. The van der Waals surface area contributed by atoms with Gasteiger partial charge in [-0.1, -0.05) is 48.5 Å². The number of allylic oxidation sites excluding steroid dienone is 1. The summed E-state index contributed by atoms with van der Waals surface area (Å²) >= 11 is 0. The zero-order chi connectivity index (χ0) is 15.5. The Hall–Kier alpha value is -3.12. The zero-order valence-corrected chi connectivity index (χ0v) is 12.2. The monoisotopic (exact) mass is 286 g/mol. The van der Waals surface area contributed by atoms with Crippen LogP contribution < -0.4 is 0 Å². The first kappa shape index (κ1) is 13.8. The molecule has 0 saturated heterocycles. The Labute approximate surface area is 128 Å². The molecule has 0 spiro atoms. The van der Waals surface area contributed by atoms with E-state index < -0.39 is 0 Å². The Morgan fingerprint density at radius 1 is 1.09 bits per heavy atom. The van der Waals surface area contributed by atoms with Crippen LogP contribution in [0.2, 0.25) is 0 Å². The number of hydrogen-bond donors (Lipinski definition) is 0. The van der Waals surface area contributed by atoms with Crippen molar-refractivity contribution in [1.82, 2.24) is 4.57 Å². The Kier molecular flexibility index (Phi) is 3.59. The Balaban J connectivity index is 2.09. The van der Waals surface area contributed by atoms with Crippen LogP contribution in [0.3, 0.4) is 0 Å². The van der Waals surface area contributed by atoms with Crippen LogP contribution >= 0.6 is 0 Å². The maximum atomic E-state index is 12.7. The van der Waals surface area contributed by atoms with Crippen molar-refractivity contribution in [2.75, 3.05) is 0 Å². The summed E-state index contributed by atoms with van der Waals surface area (Å²) in [7, 11) is 1.89. The van der Waals surface area contributed by atoms with E-state index >= 15 is 0 Å². The van der Waals surface area contributed by atoms with Crippen molar-refractivity contribution in [3.63, 3.8) is 0 Å². The fourth-order valence-corrected chi connectivity index (χ4v) is 2.53. The van der Waals surface area contributed by atoms with Crippen molar-refractivity contribution < 1.29 is 4.79 Å². The molecule has 0 atom stereocenters. The molecule has 0 bridgehead atoms. The summed E-state index contributed by atoms with van der Waals surface area (Å²) in [6, 6.07) is 19.1. The SMILES string of the molecule is Cn1cc(C(=O)/C(C#N)=C/c2ccccc2)c2ccccc21. The maximum absolute atomic E-state index is 12.7. The van der Waals surface area contributed by atoms with E-state index in [4.69, 9.17) is 0 Å². The first-order chi connectivity index (χ1) is 10.7. The number of carbonyl (C=O) groups is 1. The first-order valence-corrected chi connectivity index (χ1v) is 6.96. The highest BCUT2D eigenvalue weighted by Crippen LogP contribution is 2.23. The van der Waals surface area contributed by atoms with Crippen LogP contribution in [0.4, 0.5) is 0 Å². The summed E-state index contributed by atoms with van der Waals surface area (Å²) in [4.78, 5) is 12.7. The lowest BCUT2D eigenvalue weighted by Crippen LogP contribution is -2.01. The molecule has 1 aromatic heterocycles. The van der Waals surface area contributed by atoms with Gasteiger partial charge in [0.05, 0.1) is 0 Å². The molecule has 0 aliphatic rings. The lowest BCUT2D eigenvalue weighted by atomic mass is 10.0. The van der Waals surface area contributed by atoms with Gasteiger partial charge in [0.25, 0.3) is 0 Å². The first-order valence-electron chi connectivity index (χ1n) is 6.96. The van der Waals surface area contributed by atoms with Crippen LogP contribution in [-0.2, 0) is 7.05 Å². The summed E-state index contributed by atoms with van der Waals surface area (Å²) in [5.74, 6) is -0.247. The molecule has 0 aliphatic carbocycles. The number of fused-ring (bicyclic) bond motifs is 1. The van der Waals surface area contributed by atoms with Crippen molar-refractivity contribution in [3.8, 4) is 6.07 Å². The third kappa shape index (κ3) is 2.43. The van der Waals surface area contributed by atoms with Crippen LogP contribution in [0.1, 0.15) is 15.9 Å². The molecule has 3 heteroatoms. The number of nitrogens with zero attached hydrogens (tertiary/aromatic N) is 2. The Bertz CT molecular complexity index is 912. The van der Waals surface area contributed by atoms with Gasteiger partial charge in [-0.25, -0.2) is 0 Å². The number of para-hydroxylation sites is 1. The number of rotatable bonds is 3. The fourth-order valence-electron chi connectivity index (χ4n) is 2.53. The lowest BCUT2D eigenvalue weighted by Gasteiger charge is -1.98. The smallest absolute Gasteiger partial charge is 0.205 e. The molecular weight excluding hydrogens is 272 g/mol. The van der Waals surface area contributed by atoms with Crippen LogP contribution in [0, 0.1) is 11.3 Å². The van der Waals surface area contributed by atoms with Gasteiger partial charge in [-0.3, -0.25) is 4.79 Å². The summed E-state index contributed by atoms with van der Waals surface area (Å²) in [6.07, 6.45) is 3.41. The second kappa shape index (κ2) is 5.71. The maximum Gasteiger partial charge on any atom is 0.205 e. The molecule has 0 fully saturated rings. The molecule has 0 saturated carbocycles. The minimum atomic E-state index is -0.247. The molecule has 0 N–H and O–H groups in total. The number of aromatic nitrogens is 1. The van der Waals surface area contributed by atoms with Crippen molar-refractivity contribution >= 4 is 22.8 Å². The number of nitriles is 1. The number of carbonyl (C=O) groups excluding carboxylic acids is 1. The van der Waals surface area contributed by atoms with Gasteiger partial charge in [-0.15, -0.1) is 0 Å². The number of ketones is 1. The van der Waals surface area contributed by atoms with E-state index in [2.05, 4.69) is 0 Å². The minimum Gasteiger partial charge on any atom is -0.350 e. The second-order valence-electron chi connectivity index (χ2n) is 5.08. The highest BCUT2D eigenvalue weighted by atomic mass is 16.1. The highest BCUT2D eigenvalue weighted by molar-refractivity contribution is 6.19. The zero-order valence-electron chi connectivity index (χ0n) is 12.2. The van der Waals surface area contributed by atoms with Gasteiger partial charge in [-0.2, -0.15) is 5.26 Å². The van der Waals surface area contributed by atoms with Gasteiger partial charge in [0.2, 0.25) is 5.78 Å². The van der Waals surface area contributed by atoms with E-state index in [1.54, 1.807) is 12.3 Å². The quantitative estimate of drug-likeness (QED) is 0.415. The van der Waals surface area contributed by atoms with Crippen LogP contribution in [0.25, 0.3) is 17.0 Å². The number of Topliss-reactive ketones (excluding diaryl/α,β-unsaturated/α-hetero) is 1. The molecule has 0 unspecified atom stereocenters. The average molecular weight is 286 g/mol. The molecule has 106 valence electrons. The van der Waals surface area contributed by atoms with E-state index in [1.807, 2.05) is 72.3 Å². The van der Waals surface area contributed by atoms with E-state index in [0.717, 1.165) is 16.5 Å². The predicted octanol–water partition coefficient (Wildman–Crippen LogP) is 3.97. The van der Waals surface area contributed by atoms with Crippen molar-refractivity contribution in [3.05, 3.63) is 77.5 Å². The Morgan fingerprint density at radius 2 is 1.77 bits per heavy atom. The van der Waals surface area contributed by atoms with Gasteiger partial charge in [-0.05, 0) is 17.7 Å². The minimum absolute atomic E-state index is 0.141. The van der Waals surface area contributed by atoms with Gasteiger partial charge >= 0.3 is 0 Å². The van der Waals surface area contributed by atoms with E-state index in [9.17, 15) is 10.1 Å². The summed E-state index contributed by atoms with van der Waals surface area (Å²) in [5.41, 5.74) is 2.51. The number of aryl methyl sites for hydroxylation is 1. The molecule has 3 rings (SSSR count). The number of hydrogen-bond acceptors (Lipinski definition) is 2. The molecule has 3 nitrogen and oxygen atoms in total. The van der Waals surface area contributed by atoms with Crippen LogP contribution in [-0.4, -0.2) is 10.4 Å². The number of benzene rings is 2. The van der Waals surface area contributed by atoms with Gasteiger partial charge in [0.15, 0.2) is 0 Å². The molecule has 3 aromatic rings. The van der Waals surface area contributed by atoms with E-state index in [0.29, 0.717) is 5.56 Å². The Morgan fingerprint density at radius 3 is 2.50 bits per heavy atom. The third-order valence-corrected chi connectivity index (χ3v) is 3.62. The van der Waals surface area contributed by atoms with E-state index in [-0.39, 0.29) is 11.4 Å². The molecule has 0 radical (unpaired) electrons. The predicted molar refractivity (Wildman–Crippen MR) is 87.3 cm³/mol. The highest BCUT2D eigenvalue weighted by Gasteiger charge is 2.17. The van der Waals surface area contributed by atoms with Gasteiger partial charge < -0.3 is 4.57 Å². The standard InChI is InChI=1S/C19H14N2O/c1-21-13-17(16-9-5-6-10-18(16)21)19(22)15(12-20)11-14-7-3-2-4-8-14/h2-11,13H,1H3/b15-11+. The summed E-state index contributed by atoms with van der Waals surface area (Å²) in [5, 5.41) is 10.2. The molecule has 0 amide bonds. The van der Waals surface area contributed by atoms with Crippen LogP contribution in [0.5, 0.6) is 0 Å². The largest absolute Gasteiger partial charge is 0.350 e. The van der Waals surface area contributed by atoms with Gasteiger partial charge in [0, 0.05) is 29.7 Å². The average Bonchev–Trinajstić information content (AvgIpc) is 2.90. The summed E-state index contributed by atoms with van der Waals surface area (Å²) in [6.45, 7) is 0. The fraction of sp³-hybridized carbons (Fsp3) is 0.0526. The van der Waals surface area contributed by atoms with Crippen molar-refractivity contribution in [2.24, 2.45) is 7.05 Å².